The zero-order valence-corrected chi connectivity index (χ0v) is 12.3. The van der Waals surface area contributed by atoms with Gasteiger partial charge in [0.15, 0.2) is 5.75 Å². The lowest BCUT2D eigenvalue weighted by molar-refractivity contribution is -0.117. The highest BCUT2D eigenvalue weighted by Gasteiger charge is 2.18. The number of alkyl halides is 4. The first-order chi connectivity index (χ1) is 11.3. The minimum Gasteiger partial charge on any atom is -0.432 e. The number of benzene rings is 1. The van der Waals surface area contributed by atoms with Gasteiger partial charge in [0.1, 0.15) is 18.1 Å². The highest BCUT2D eigenvalue weighted by molar-refractivity contribution is 5.92. The van der Waals surface area contributed by atoms with Crippen LogP contribution in [-0.4, -0.2) is 22.3 Å². The molecule has 2 rings (SSSR count). The van der Waals surface area contributed by atoms with Gasteiger partial charge in [0.05, 0.1) is 11.4 Å². The molecule has 1 heterocycles. The summed E-state index contributed by atoms with van der Waals surface area (Å²) in [5.74, 6) is -2.24. The number of aryl methyl sites for hydroxylation is 1. The Balaban J connectivity index is 2.16. The van der Waals surface area contributed by atoms with Crippen LogP contribution in [0.4, 0.5) is 27.6 Å². The molecule has 1 aromatic heterocycles. The van der Waals surface area contributed by atoms with Crippen molar-refractivity contribution in [1.29, 1.82) is 0 Å². The van der Waals surface area contributed by atoms with Crippen molar-refractivity contribution in [2.24, 2.45) is 0 Å². The van der Waals surface area contributed by atoms with Crippen LogP contribution in [-0.2, 0) is 11.3 Å². The molecule has 5 nitrogen and oxygen atoms in total. The maximum absolute atomic E-state index is 13.1. The molecular weight excluding hydrogens is 337 g/mol. The highest BCUT2D eigenvalue weighted by atomic mass is 19.3. The topological polar surface area (TPSA) is 56.2 Å². The molecule has 0 fully saturated rings. The number of amides is 1. The van der Waals surface area contributed by atoms with Crippen molar-refractivity contribution in [3.63, 3.8) is 0 Å². The standard InChI is InChI=1S/C14H12F5N3O2/c1-7-4-10(13(16)17)22(21-7)6-12(23)20-9-3-2-8(15)5-11(9)24-14(18)19/h2-5,13-14H,6H2,1H3,(H,20,23). The Hall–Kier alpha value is -2.65. The van der Waals surface area contributed by atoms with Gasteiger partial charge >= 0.3 is 6.61 Å². The SMILES string of the molecule is Cc1cc(C(F)F)n(CC(=O)Nc2ccc(F)cc2OC(F)F)n1. The number of rotatable bonds is 6. The summed E-state index contributed by atoms with van der Waals surface area (Å²) in [6.07, 6.45) is -2.83. The molecule has 10 heteroatoms. The lowest BCUT2D eigenvalue weighted by Gasteiger charge is -2.12. The lowest BCUT2D eigenvalue weighted by atomic mass is 10.2. The van der Waals surface area contributed by atoms with Crippen LogP contribution >= 0.6 is 0 Å². The Morgan fingerprint density at radius 2 is 2.00 bits per heavy atom. The number of aromatic nitrogens is 2. The number of ether oxygens (including phenoxy) is 1. The summed E-state index contributed by atoms with van der Waals surface area (Å²) in [5.41, 5.74) is -0.378. The molecule has 0 saturated carbocycles. The predicted octanol–water partition coefficient (Wildman–Crippen LogP) is 3.51. The summed E-state index contributed by atoms with van der Waals surface area (Å²) < 4.78 is 68.3. The van der Waals surface area contributed by atoms with Crippen LogP contribution in [0.15, 0.2) is 24.3 Å². The predicted molar refractivity (Wildman–Crippen MR) is 73.6 cm³/mol. The Morgan fingerprint density at radius 1 is 1.29 bits per heavy atom. The van der Waals surface area contributed by atoms with E-state index in [-0.39, 0.29) is 5.69 Å². The van der Waals surface area contributed by atoms with E-state index in [4.69, 9.17) is 0 Å². The van der Waals surface area contributed by atoms with Crippen molar-refractivity contribution in [3.8, 4) is 5.75 Å². The maximum Gasteiger partial charge on any atom is 0.387 e. The fraction of sp³-hybridized carbons (Fsp3) is 0.286. The largest absolute Gasteiger partial charge is 0.432 e. The van der Waals surface area contributed by atoms with E-state index in [9.17, 15) is 26.7 Å². The van der Waals surface area contributed by atoms with Crippen molar-refractivity contribution in [2.75, 3.05) is 5.32 Å². The molecule has 0 aliphatic carbocycles. The zero-order valence-electron chi connectivity index (χ0n) is 12.3. The number of carbonyl (C=O) groups is 1. The Morgan fingerprint density at radius 3 is 2.62 bits per heavy atom. The number of anilines is 1. The average molecular weight is 349 g/mol. The van der Waals surface area contributed by atoms with Gasteiger partial charge in [-0.2, -0.15) is 13.9 Å². The minimum atomic E-state index is -3.22. The van der Waals surface area contributed by atoms with Crippen LogP contribution in [0.2, 0.25) is 0 Å². The fourth-order valence-electron chi connectivity index (χ4n) is 1.99. The second-order valence-corrected chi connectivity index (χ2v) is 4.74. The van der Waals surface area contributed by atoms with Crippen molar-refractivity contribution in [3.05, 3.63) is 41.5 Å². The van der Waals surface area contributed by atoms with Gasteiger partial charge in [-0.05, 0) is 25.1 Å². The summed E-state index contributed by atoms with van der Waals surface area (Å²) in [5, 5.41) is 5.96. The summed E-state index contributed by atoms with van der Waals surface area (Å²) in [4.78, 5) is 11.9. The van der Waals surface area contributed by atoms with Crippen LogP contribution in [0.3, 0.4) is 0 Å². The molecule has 2 aromatic rings. The fourth-order valence-corrected chi connectivity index (χ4v) is 1.99. The van der Waals surface area contributed by atoms with Crippen LogP contribution in [0.25, 0.3) is 0 Å². The van der Waals surface area contributed by atoms with E-state index in [1.807, 2.05) is 0 Å². The molecular formula is C14H12F5N3O2. The Bertz CT molecular complexity index is 733. The van der Waals surface area contributed by atoms with Crippen molar-refractivity contribution < 1.29 is 31.5 Å². The molecule has 0 aliphatic rings. The first-order valence-corrected chi connectivity index (χ1v) is 6.63. The van der Waals surface area contributed by atoms with Gasteiger partial charge in [-0.15, -0.1) is 0 Å². The van der Waals surface area contributed by atoms with E-state index in [1.165, 1.54) is 6.92 Å². The summed E-state index contributed by atoms with van der Waals surface area (Å²) in [6, 6.07) is 3.75. The summed E-state index contributed by atoms with van der Waals surface area (Å²) >= 11 is 0. The van der Waals surface area contributed by atoms with Crippen molar-refractivity contribution in [2.45, 2.75) is 26.5 Å². The number of halogens is 5. The Kier molecular flexibility index (Phi) is 5.37. The second-order valence-electron chi connectivity index (χ2n) is 4.74. The average Bonchev–Trinajstić information content (AvgIpc) is 2.82. The molecule has 130 valence electrons. The van der Waals surface area contributed by atoms with Gasteiger partial charge < -0.3 is 10.1 Å². The zero-order chi connectivity index (χ0) is 17.9. The van der Waals surface area contributed by atoms with Crippen LogP contribution in [0.5, 0.6) is 5.75 Å². The first kappa shape index (κ1) is 17.7. The van der Waals surface area contributed by atoms with Gasteiger partial charge in [-0.25, -0.2) is 13.2 Å². The molecule has 0 saturated heterocycles. The van der Waals surface area contributed by atoms with Crippen LogP contribution in [0, 0.1) is 12.7 Å². The normalized spacial score (nSPS) is 11.2. The molecule has 24 heavy (non-hydrogen) atoms. The summed E-state index contributed by atoms with van der Waals surface area (Å²) in [6.45, 7) is -2.31. The third kappa shape index (κ3) is 4.43. The van der Waals surface area contributed by atoms with Crippen molar-refractivity contribution >= 4 is 11.6 Å². The molecule has 0 spiro atoms. The first-order valence-electron chi connectivity index (χ1n) is 6.63. The van der Waals surface area contributed by atoms with Crippen molar-refractivity contribution in [1.82, 2.24) is 9.78 Å². The number of nitrogens with zero attached hydrogens (tertiary/aromatic N) is 2. The third-order valence-electron chi connectivity index (χ3n) is 2.88. The smallest absolute Gasteiger partial charge is 0.387 e. The van der Waals surface area contributed by atoms with E-state index in [0.29, 0.717) is 11.8 Å². The van der Waals surface area contributed by atoms with Gasteiger partial charge in [0, 0.05) is 6.07 Å². The van der Waals surface area contributed by atoms with Gasteiger partial charge in [0.2, 0.25) is 5.91 Å². The Labute approximate surface area is 133 Å². The third-order valence-corrected chi connectivity index (χ3v) is 2.88. The maximum atomic E-state index is 13.1. The molecule has 1 aromatic carbocycles. The monoisotopic (exact) mass is 349 g/mol. The van der Waals surface area contributed by atoms with E-state index in [1.54, 1.807) is 0 Å². The molecule has 0 radical (unpaired) electrons. The minimum absolute atomic E-state index is 0.218. The number of hydrogen-bond acceptors (Lipinski definition) is 3. The van der Waals surface area contributed by atoms with Gasteiger partial charge in [-0.1, -0.05) is 0 Å². The van der Waals surface area contributed by atoms with E-state index >= 15 is 0 Å². The molecule has 0 atom stereocenters. The molecule has 1 amide bonds. The van der Waals surface area contributed by atoms with E-state index in [2.05, 4.69) is 15.2 Å². The number of carbonyl (C=O) groups excluding carboxylic acids is 1. The van der Waals surface area contributed by atoms with Gasteiger partial charge in [0.25, 0.3) is 6.43 Å². The molecule has 0 bridgehead atoms. The number of hydrogen-bond donors (Lipinski definition) is 1. The molecule has 1 N–H and O–H groups in total. The van der Waals surface area contributed by atoms with Crippen LogP contribution in [0.1, 0.15) is 17.8 Å². The molecule has 0 aliphatic heterocycles. The molecule has 0 unspecified atom stereocenters. The van der Waals surface area contributed by atoms with E-state index in [0.717, 1.165) is 22.9 Å². The highest BCUT2D eigenvalue weighted by Crippen LogP contribution is 2.27. The van der Waals surface area contributed by atoms with Gasteiger partial charge in [-0.3, -0.25) is 9.48 Å². The lowest BCUT2D eigenvalue weighted by Crippen LogP contribution is -2.21. The second kappa shape index (κ2) is 7.28. The quantitative estimate of drug-likeness (QED) is 0.812. The summed E-state index contributed by atoms with van der Waals surface area (Å²) in [7, 11) is 0. The number of nitrogens with one attached hydrogen (secondary N) is 1. The van der Waals surface area contributed by atoms with E-state index < -0.39 is 42.7 Å². The van der Waals surface area contributed by atoms with Crippen LogP contribution < -0.4 is 10.1 Å².